The van der Waals surface area contributed by atoms with Crippen molar-refractivity contribution in [3.63, 3.8) is 0 Å². The van der Waals surface area contributed by atoms with Crippen molar-refractivity contribution in [3.8, 4) is 33.4 Å². The first-order valence-corrected chi connectivity index (χ1v) is 27.3. The molecule has 9 aliphatic rings. The number of fused-ring (bicyclic) bond motifs is 3. The largest absolute Gasteiger partial charge is 0.310 e. The van der Waals surface area contributed by atoms with E-state index in [4.69, 9.17) is 0 Å². The van der Waals surface area contributed by atoms with Gasteiger partial charge in [0, 0.05) is 39.4 Å². The molecule has 0 heterocycles. The van der Waals surface area contributed by atoms with Gasteiger partial charge in [-0.05, 0) is 215 Å². The van der Waals surface area contributed by atoms with Crippen LogP contribution in [-0.2, 0) is 36.5 Å². The fourth-order valence-electron chi connectivity index (χ4n) is 15.0. The molecular formula is C71H64N2. The van der Waals surface area contributed by atoms with Crippen LogP contribution in [0.1, 0.15) is 91.3 Å². The van der Waals surface area contributed by atoms with Gasteiger partial charge >= 0.3 is 0 Å². The van der Waals surface area contributed by atoms with Crippen molar-refractivity contribution < 1.29 is 0 Å². The SMILES string of the molecule is CC1(C)c2cc(-c3ccccc3)ccc2-c2ccc(N(c3cc4ccc3CCc3ccc(c(N(c5ccccc5)c5ccc(C67CC8CC(CC(C8)C6)C7)cc5)c3)CC4)c3ccccc3-c3ccccc3)cc21. The maximum atomic E-state index is 2.60. The maximum Gasteiger partial charge on any atom is 0.0540 e. The summed E-state index contributed by atoms with van der Waals surface area (Å²) in [5.74, 6) is 2.80. The monoisotopic (exact) mass is 945 g/mol. The lowest BCUT2D eigenvalue weighted by Gasteiger charge is -2.57. The van der Waals surface area contributed by atoms with E-state index in [2.05, 4.69) is 236 Å². The van der Waals surface area contributed by atoms with E-state index in [0.29, 0.717) is 5.41 Å². The summed E-state index contributed by atoms with van der Waals surface area (Å²) in [5, 5.41) is 0. The fourth-order valence-corrected chi connectivity index (χ4v) is 15.0. The topological polar surface area (TPSA) is 6.48 Å². The highest BCUT2D eigenvalue weighted by Crippen LogP contribution is 2.61. The van der Waals surface area contributed by atoms with Gasteiger partial charge in [0.05, 0.1) is 5.69 Å². The molecule has 9 aliphatic carbocycles. The molecule has 0 spiro atoms. The third kappa shape index (κ3) is 7.76. The number of anilines is 6. The van der Waals surface area contributed by atoms with Gasteiger partial charge in [-0.25, -0.2) is 0 Å². The maximum absolute atomic E-state index is 2.60. The third-order valence-electron chi connectivity index (χ3n) is 18.2. The summed E-state index contributed by atoms with van der Waals surface area (Å²) in [5.41, 5.74) is 25.0. The number of para-hydroxylation sites is 2. The first-order chi connectivity index (χ1) is 35.8. The first-order valence-electron chi connectivity index (χ1n) is 27.3. The van der Waals surface area contributed by atoms with E-state index in [1.165, 1.54) is 139 Å². The molecule has 0 radical (unpaired) electrons. The van der Waals surface area contributed by atoms with Gasteiger partial charge in [0.2, 0.25) is 0 Å². The lowest BCUT2D eigenvalue weighted by molar-refractivity contribution is -0.00518. The molecule has 0 aliphatic heterocycles. The van der Waals surface area contributed by atoms with Gasteiger partial charge in [-0.1, -0.05) is 166 Å². The Morgan fingerprint density at radius 3 is 1.49 bits per heavy atom. The van der Waals surface area contributed by atoms with Gasteiger partial charge in [0.15, 0.2) is 0 Å². The minimum Gasteiger partial charge on any atom is -0.310 e. The van der Waals surface area contributed by atoms with E-state index in [9.17, 15) is 0 Å². The number of hydrogen-bond donors (Lipinski definition) is 0. The van der Waals surface area contributed by atoms with Crippen LogP contribution < -0.4 is 9.80 Å². The van der Waals surface area contributed by atoms with E-state index in [0.717, 1.165) is 43.4 Å². The van der Waals surface area contributed by atoms with Crippen molar-refractivity contribution >= 4 is 34.1 Å². The average molecular weight is 945 g/mol. The van der Waals surface area contributed by atoms with E-state index in [1.54, 1.807) is 5.56 Å². The van der Waals surface area contributed by atoms with Crippen molar-refractivity contribution in [2.45, 2.75) is 88.9 Å². The summed E-state index contributed by atoms with van der Waals surface area (Å²) in [4.78, 5) is 5.15. The van der Waals surface area contributed by atoms with Gasteiger partial charge < -0.3 is 9.80 Å². The molecule has 73 heavy (non-hydrogen) atoms. The standard InChI is InChI=1S/C71H64N2/c1-70(2)65-43-57(53-14-6-3-7-15-53)30-36-63(65)64-37-35-61(44-66(64)70)73(67-21-13-12-20-62(67)54-16-8-4-9-17-54)69-42-49-23-27-55-26-22-48(24-28-56(69)29-25-49)41-68(55)72(59-18-10-5-11-19-59)60-33-31-58(32-34-60)71-45-50-38-51(46-71)40-52(39-50)47-71/h3-22,25-26,29-37,41-44,50-52H,23-24,27-28,38-40,45-47H2,1-2H3. The van der Waals surface area contributed by atoms with Crippen LogP contribution in [0.4, 0.5) is 34.1 Å². The molecule has 0 unspecified atom stereocenters. The molecule has 4 fully saturated rings. The van der Waals surface area contributed by atoms with Crippen LogP contribution in [0.5, 0.6) is 0 Å². The number of benzene rings is 9. The molecule has 8 bridgehead atoms. The van der Waals surface area contributed by atoms with Crippen molar-refractivity contribution in [3.05, 3.63) is 251 Å². The minimum atomic E-state index is -0.189. The second-order valence-corrected chi connectivity index (χ2v) is 23.0. The molecule has 358 valence electrons. The number of hydrogen-bond acceptors (Lipinski definition) is 2. The molecule has 0 N–H and O–H groups in total. The third-order valence-corrected chi connectivity index (χ3v) is 18.2. The predicted octanol–water partition coefficient (Wildman–Crippen LogP) is 18.6. The number of aryl methyl sites for hydroxylation is 4. The molecule has 2 heteroatoms. The summed E-state index contributed by atoms with van der Waals surface area (Å²) in [6.45, 7) is 4.83. The zero-order chi connectivity index (χ0) is 48.7. The zero-order valence-corrected chi connectivity index (χ0v) is 42.4. The minimum absolute atomic E-state index is 0.189. The summed E-state index contributed by atoms with van der Waals surface area (Å²) < 4.78 is 0. The lowest BCUT2D eigenvalue weighted by Crippen LogP contribution is -2.48. The summed E-state index contributed by atoms with van der Waals surface area (Å²) in [6.07, 6.45) is 12.3. The van der Waals surface area contributed by atoms with Crippen molar-refractivity contribution in [2.75, 3.05) is 9.80 Å². The number of nitrogens with zero attached hydrogens (tertiary/aromatic N) is 2. The summed E-state index contributed by atoms with van der Waals surface area (Å²) in [7, 11) is 0. The fraction of sp³-hybridized carbons (Fsp3) is 0.239. The van der Waals surface area contributed by atoms with Crippen molar-refractivity contribution in [1.82, 2.24) is 0 Å². The van der Waals surface area contributed by atoms with Crippen LogP contribution in [0.3, 0.4) is 0 Å². The highest BCUT2D eigenvalue weighted by molar-refractivity contribution is 5.92. The Bertz CT molecular complexity index is 3480. The van der Waals surface area contributed by atoms with Crippen LogP contribution in [-0.4, -0.2) is 0 Å². The average Bonchev–Trinajstić information content (AvgIpc) is 3.65. The summed E-state index contributed by atoms with van der Waals surface area (Å²) >= 11 is 0. The van der Waals surface area contributed by atoms with Gasteiger partial charge in [0.25, 0.3) is 0 Å². The van der Waals surface area contributed by atoms with Gasteiger partial charge in [-0.3, -0.25) is 0 Å². The molecule has 2 nitrogen and oxygen atoms in total. The Kier molecular flexibility index (Phi) is 10.7. The van der Waals surface area contributed by atoms with E-state index >= 15 is 0 Å². The molecule has 18 rings (SSSR count). The Labute approximate surface area is 433 Å². The molecular weight excluding hydrogens is 881 g/mol. The summed E-state index contributed by atoms with van der Waals surface area (Å²) in [6, 6.07) is 81.0. The Morgan fingerprint density at radius 2 is 0.863 bits per heavy atom. The molecule has 9 aromatic rings. The van der Waals surface area contributed by atoms with E-state index < -0.39 is 0 Å². The molecule has 0 atom stereocenters. The van der Waals surface area contributed by atoms with Gasteiger partial charge in [-0.15, -0.1) is 0 Å². The van der Waals surface area contributed by atoms with E-state index in [-0.39, 0.29) is 5.41 Å². The zero-order valence-electron chi connectivity index (χ0n) is 42.4. The van der Waals surface area contributed by atoms with Crippen LogP contribution in [0.15, 0.2) is 212 Å². The first kappa shape index (κ1) is 44.3. The quantitative estimate of drug-likeness (QED) is 0.142. The Balaban J connectivity index is 0.849. The Hall–Kier alpha value is -7.42. The van der Waals surface area contributed by atoms with Crippen molar-refractivity contribution in [2.24, 2.45) is 17.8 Å². The second kappa shape index (κ2) is 17.7. The predicted molar refractivity (Wildman–Crippen MR) is 305 cm³/mol. The lowest BCUT2D eigenvalue weighted by atomic mass is 9.48. The molecule has 0 saturated heterocycles. The second-order valence-electron chi connectivity index (χ2n) is 23.0. The smallest absolute Gasteiger partial charge is 0.0540 e. The highest BCUT2D eigenvalue weighted by atomic mass is 15.2. The highest BCUT2D eigenvalue weighted by Gasteiger charge is 2.51. The molecule has 9 aromatic carbocycles. The van der Waals surface area contributed by atoms with Gasteiger partial charge in [0.1, 0.15) is 0 Å². The van der Waals surface area contributed by atoms with Gasteiger partial charge in [-0.2, -0.15) is 0 Å². The molecule has 4 saturated carbocycles. The van der Waals surface area contributed by atoms with Crippen molar-refractivity contribution in [1.29, 1.82) is 0 Å². The van der Waals surface area contributed by atoms with E-state index in [1.807, 2.05) is 0 Å². The van der Waals surface area contributed by atoms with Crippen LogP contribution in [0.2, 0.25) is 0 Å². The Morgan fingerprint density at radius 1 is 0.356 bits per heavy atom. The number of rotatable bonds is 9. The molecule has 0 aromatic heterocycles. The normalized spacial score (nSPS) is 20.8. The van der Waals surface area contributed by atoms with Crippen LogP contribution in [0.25, 0.3) is 33.4 Å². The molecule has 0 amide bonds. The van der Waals surface area contributed by atoms with Crippen LogP contribution >= 0.6 is 0 Å². The van der Waals surface area contributed by atoms with Crippen LogP contribution in [0, 0.1) is 17.8 Å².